The van der Waals surface area contributed by atoms with Crippen LogP contribution >= 0.6 is 15.9 Å². The van der Waals surface area contributed by atoms with E-state index in [9.17, 15) is 8.42 Å². The van der Waals surface area contributed by atoms with Gasteiger partial charge >= 0.3 is 10.2 Å². The molecule has 180 valence electrons. The van der Waals surface area contributed by atoms with Crippen LogP contribution in [0.1, 0.15) is 5.56 Å². The lowest BCUT2D eigenvalue weighted by Crippen LogP contribution is -2.27. The molecule has 12 nitrogen and oxygen atoms in total. The van der Waals surface area contributed by atoms with Crippen LogP contribution in [0.25, 0.3) is 28.7 Å². The van der Waals surface area contributed by atoms with Gasteiger partial charge in [-0.1, -0.05) is 12.1 Å². The van der Waals surface area contributed by atoms with E-state index < -0.39 is 10.2 Å². The Morgan fingerprint density at radius 3 is 2.60 bits per heavy atom. The van der Waals surface area contributed by atoms with E-state index in [2.05, 4.69) is 41.0 Å². The van der Waals surface area contributed by atoms with E-state index in [-0.39, 0.29) is 0 Å². The van der Waals surface area contributed by atoms with Gasteiger partial charge in [-0.15, -0.1) is 5.10 Å². The van der Waals surface area contributed by atoms with Crippen molar-refractivity contribution < 1.29 is 13.2 Å². The number of nitrogens with zero attached hydrogens (tertiary/aromatic N) is 9. The summed E-state index contributed by atoms with van der Waals surface area (Å²) in [5.74, 6) is 1.64. The molecule has 14 heteroatoms. The van der Waals surface area contributed by atoms with Crippen molar-refractivity contribution >= 4 is 31.9 Å². The lowest BCUT2D eigenvalue weighted by Gasteiger charge is -2.10. The Kier molecular flexibility index (Phi) is 5.86. The Morgan fingerprint density at radius 1 is 1.11 bits per heavy atom. The van der Waals surface area contributed by atoms with Crippen molar-refractivity contribution in [3.63, 3.8) is 0 Å². The third-order valence-corrected chi connectivity index (χ3v) is 7.27. The predicted octanol–water partition coefficient (Wildman–Crippen LogP) is 2.33. The Balaban J connectivity index is 1.65. The first kappa shape index (κ1) is 23.1. The molecule has 0 N–H and O–H groups in total. The largest absolute Gasteiger partial charge is 0.497 e. The Labute approximate surface area is 209 Å². The molecule has 0 atom stereocenters. The highest BCUT2D eigenvalue weighted by Gasteiger charge is 2.25. The molecule has 0 radical (unpaired) electrons. The van der Waals surface area contributed by atoms with Gasteiger partial charge in [0.2, 0.25) is 10.5 Å². The number of methoxy groups -OCH3 is 1. The van der Waals surface area contributed by atoms with Crippen LogP contribution in [-0.2, 0) is 16.8 Å². The zero-order valence-corrected chi connectivity index (χ0v) is 21.3. The molecule has 0 saturated carbocycles. The molecule has 0 amide bonds. The average Bonchev–Trinajstić information content (AvgIpc) is 3.56. The van der Waals surface area contributed by atoms with Gasteiger partial charge in [0.1, 0.15) is 29.2 Å². The summed E-state index contributed by atoms with van der Waals surface area (Å²) in [6.45, 7) is 0.419. The van der Waals surface area contributed by atoms with Gasteiger partial charge in [0.15, 0.2) is 5.82 Å². The van der Waals surface area contributed by atoms with Gasteiger partial charge in [-0.25, -0.2) is 23.6 Å². The maximum absolute atomic E-state index is 12.6. The summed E-state index contributed by atoms with van der Waals surface area (Å²) in [4.78, 5) is 18.0. The highest BCUT2D eigenvalue weighted by Crippen LogP contribution is 2.32. The van der Waals surface area contributed by atoms with E-state index in [0.717, 1.165) is 19.6 Å². The molecule has 0 aliphatic rings. The number of aromatic nitrogens is 8. The molecule has 0 aliphatic carbocycles. The lowest BCUT2D eigenvalue weighted by molar-refractivity contribution is 0.414. The third kappa shape index (κ3) is 4.19. The van der Waals surface area contributed by atoms with Crippen molar-refractivity contribution in [3.05, 3.63) is 65.5 Å². The Hall–Kier alpha value is -3.62. The molecule has 0 bridgehead atoms. The Morgan fingerprint density at radius 2 is 1.89 bits per heavy atom. The second-order valence-corrected chi connectivity index (χ2v) is 10.4. The highest BCUT2D eigenvalue weighted by atomic mass is 79.9. The van der Waals surface area contributed by atoms with Crippen molar-refractivity contribution in [1.29, 1.82) is 0 Å². The highest BCUT2D eigenvalue weighted by molar-refractivity contribution is 9.10. The minimum absolute atomic E-state index is 0.387. The fraction of sp³-hybridized carbons (Fsp3) is 0.190. The molecule has 1 aromatic carbocycles. The summed E-state index contributed by atoms with van der Waals surface area (Å²) in [7, 11) is 0.792. The monoisotopic (exact) mass is 557 g/mol. The van der Waals surface area contributed by atoms with Crippen LogP contribution in [0, 0.1) is 0 Å². The van der Waals surface area contributed by atoms with Gasteiger partial charge in [-0.2, -0.15) is 17.7 Å². The first-order valence-corrected chi connectivity index (χ1v) is 12.5. The second-order valence-electron chi connectivity index (χ2n) is 7.69. The summed E-state index contributed by atoms with van der Waals surface area (Å²) in [5.41, 5.74) is 2.37. The van der Waals surface area contributed by atoms with Crippen molar-refractivity contribution in [1.82, 2.24) is 42.4 Å². The van der Waals surface area contributed by atoms with Crippen LogP contribution < -0.4 is 4.74 Å². The first-order chi connectivity index (χ1) is 16.8. The van der Waals surface area contributed by atoms with E-state index >= 15 is 0 Å². The van der Waals surface area contributed by atoms with E-state index in [1.54, 1.807) is 34.7 Å². The normalized spacial score (nSPS) is 12.0. The fourth-order valence-corrected chi connectivity index (χ4v) is 4.67. The number of imidazole rings is 2. The summed E-state index contributed by atoms with van der Waals surface area (Å²) in [6, 6.07) is 9.39. The summed E-state index contributed by atoms with van der Waals surface area (Å²) in [5, 5.41) is 4.49. The molecule has 0 aliphatic heterocycles. The number of rotatable bonds is 7. The van der Waals surface area contributed by atoms with Crippen LogP contribution in [0.2, 0.25) is 0 Å². The minimum atomic E-state index is -3.74. The number of hydrogen-bond donors (Lipinski definition) is 0. The Bertz CT molecular complexity index is 1620. The maximum Gasteiger partial charge on any atom is 0.308 e. The van der Waals surface area contributed by atoms with Gasteiger partial charge in [0.05, 0.1) is 19.9 Å². The second kappa shape index (κ2) is 8.87. The standard InChI is InChI=1S/C21H20BrN9O3S/c1-28(2)35(32,33)29-12-16(24-13-29)18-17(25-21-23-9-4-10-30(18)21)19-26-20(22)27-31(19)11-14-5-7-15(34-3)8-6-14/h4-10,12-13H,11H2,1-3H3. The predicted molar refractivity (Wildman–Crippen MR) is 131 cm³/mol. The van der Waals surface area contributed by atoms with Crippen LogP contribution in [0.15, 0.2) is 60.0 Å². The molecule has 0 saturated heterocycles. The molecule has 0 fully saturated rings. The van der Waals surface area contributed by atoms with Gasteiger partial charge in [-0.3, -0.25) is 4.40 Å². The topological polar surface area (TPSA) is 125 Å². The maximum atomic E-state index is 12.6. The lowest BCUT2D eigenvalue weighted by atomic mass is 10.2. The molecule has 0 unspecified atom stereocenters. The van der Waals surface area contributed by atoms with E-state index in [1.165, 1.54) is 26.6 Å². The van der Waals surface area contributed by atoms with Crippen molar-refractivity contribution in [2.45, 2.75) is 6.54 Å². The smallest absolute Gasteiger partial charge is 0.308 e. The molecular weight excluding hydrogens is 538 g/mol. The molecule has 4 aromatic heterocycles. The minimum Gasteiger partial charge on any atom is -0.497 e. The van der Waals surface area contributed by atoms with Crippen LogP contribution in [0.5, 0.6) is 5.75 Å². The molecule has 4 heterocycles. The number of halogens is 1. The van der Waals surface area contributed by atoms with Crippen molar-refractivity contribution in [3.8, 4) is 28.7 Å². The summed E-state index contributed by atoms with van der Waals surface area (Å²) in [6.07, 6.45) is 6.10. The van der Waals surface area contributed by atoms with Gasteiger partial charge in [0.25, 0.3) is 0 Å². The number of hydrogen-bond acceptors (Lipinski definition) is 8. The summed E-state index contributed by atoms with van der Waals surface area (Å²) < 4.78 is 36.5. The van der Waals surface area contributed by atoms with Crippen molar-refractivity contribution in [2.24, 2.45) is 0 Å². The van der Waals surface area contributed by atoms with E-state index in [1.807, 2.05) is 24.3 Å². The molecule has 5 rings (SSSR count). The first-order valence-electron chi connectivity index (χ1n) is 10.3. The van der Waals surface area contributed by atoms with Gasteiger partial charge in [-0.05, 0) is 39.7 Å². The van der Waals surface area contributed by atoms with Crippen LogP contribution in [0.3, 0.4) is 0 Å². The van der Waals surface area contributed by atoms with Gasteiger partial charge < -0.3 is 4.74 Å². The molecule has 0 spiro atoms. The van der Waals surface area contributed by atoms with Crippen LogP contribution in [0.4, 0.5) is 0 Å². The molecular formula is C21H20BrN9O3S. The number of fused-ring (bicyclic) bond motifs is 1. The number of ether oxygens (including phenoxy) is 1. The van der Waals surface area contributed by atoms with E-state index in [0.29, 0.717) is 40.0 Å². The number of benzene rings is 1. The fourth-order valence-electron chi connectivity index (χ4n) is 3.54. The third-order valence-electron chi connectivity index (χ3n) is 5.28. The van der Waals surface area contributed by atoms with Crippen LogP contribution in [-0.4, -0.2) is 72.0 Å². The molecule has 5 aromatic rings. The molecule has 35 heavy (non-hydrogen) atoms. The zero-order valence-electron chi connectivity index (χ0n) is 18.9. The zero-order chi connectivity index (χ0) is 24.7. The average molecular weight is 558 g/mol. The van der Waals surface area contributed by atoms with Gasteiger partial charge in [0, 0.05) is 26.5 Å². The summed E-state index contributed by atoms with van der Waals surface area (Å²) >= 11 is 3.37. The quantitative estimate of drug-likeness (QED) is 0.298. The van der Waals surface area contributed by atoms with E-state index in [4.69, 9.17) is 4.74 Å². The SMILES string of the molecule is COc1ccc(Cn2nc(Br)nc2-c2nc3ncccn3c2-c2cn(S(=O)(=O)N(C)C)cn2)cc1. The van der Waals surface area contributed by atoms with Crippen molar-refractivity contribution in [2.75, 3.05) is 21.2 Å².